The molecule has 6 aromatic rings. The van der Waals surface area contributed by atoms with E-state index in [1.54, 1.807) is 45.1 Å². The Balaban J connectivity index is 1.09. The molecular weight excluding hydrogens is 853 g/mol. The molecule has 22 nitrogen and oxygen atoms in total. The first-order valence-corrected chi connectivity index (χ1v) is 22.1. The maximum absolute atomic E-state index is 13.9. The first-order chi connectivity index (χ1) is 31.8. The quantitative estimate of drug-likeness (QED) is 0.0783. The Bertz CT molecular complexity index is 2830. The molecule has 8 rings (SSSR count). The second-order valence-electron chi connectivity index (χ2n) is 16.2. The van der Waals surface area contributed by atoms with Crippen molar-refractivity contribution in [1.82, 2.24) is 48.9 Å². The molecule has 2 aliphatic heterocycles. The van der Waals surface area contributed by atoms with Crippen molar-refractivity contribution in [2.24, 2.45) is 11.5 Å². The van der Waals surface area contributed by atoms with Gasteiger partial charge in [0.05, 0.1) is 54.7 Å². The van der Waals surface area contributed by atoms with E-state index >= 15 is 0 Å². The Kier molecular flexibility index (Phi) is 13.3. The summed E-state index contributed by atoms with van der Waals surface area (Å²) in [6.45, 7) is 12.8. The number of anilines is 2. The fourth-order valence-corrected chi connectivity index (χ4v) is 8.43. The Morgan fingerprint density at radius 3 is 2.03 bits per heavy atom. The standard InChI is InChI=1S/C44H54N14O8/c1-5-56-32(18-25(3)52-56)41(62)50-43-48-30-20-27(39(45)60)22-34(65-15-9-36(59)47-10-12-54-13-16-64-17-14-54)37(30)55(43)11-7-8-29-24-66-35-23-28(40(46)61)21-31-38(35)58(29)44(49-31)51-42(63)33-19-26(4)53-57(33)6-2/h18-23,29H,5-17,24H2,1-4H3,(H2,45,60)(H2,46,61)(H,47,59)(H,48,50,62)(H,49,51,63)/t29-/m0/s1. The summed E-state index contributed by atoms with van der Waals surface area (Å²) in [5.41, 5.74) is 15.6. The van der Waals surface area contributed by atoms with Crippen LogP contribution in [0.2, 0.25) is 0 Å². The Morgan fingerprint density at radius 1 is 0.788 bits per heavy atom. The van der Waals surface area contributed by atoms with Gasteiger partial charge >= 0.3 is 0 Å². The van der Waals surface area contributed by atoms with Crippen LogP contribution in [0.5, 0.6) is 11.5 Å². The van der Waals surface area contributed by atoms with Crippen LogP contribution in [-0.2, 0) is 29.2 Å². The summed E-state index contributed by atoms with van der Waals surface area (Å²) < 4.78 is 24.8. The normalized spacial score (nSPS) is 14.9. The van der Waals surface area contributed by atoms with Crippen LogP contribution in [-0.4, -0.2) is 126 Å². The maximum atomic E-state index is 13.9. The second-order valence-corrected chi connectivity index (χ2v) is 16.2. The SMILES string of the molecule is CCn1nc(C)cc1C(=O)Nc1nc2cc(C(N)=O)cc(OCCC(=O)NCCN3CCOCC3)c2n1CCC[C@H]1COc2cc(C(N)=O)cc3nc(NC(=O)c4cc(C)nn4CC)n1c23. The number of aryl methyl sites for hydroxylation is 5. The molecule has 66 heavy (non-hydrogen) atoms. The summed E-state index contributed by atoms with van der Waals surface area (Å²) in [5, 5.41) is 17.7. The van der Waals surface area contributed by atoms with Crippen molar-refractivity contribution in [3.63, 3.8) is 0 Å². The van der Waals surface area contributed by atoms with Gasteiger partial charge in [0.1, 0.15) is 40.5 Å². The third-order valence-electron chi connectivity index (χ3n) is 11.6. The fraction of sp³-hybridized carbons (Fsp3) is 0.432. The van der Waals surface area contributed by atoms with Crippen LogP contribution >= 0.6 is 0 Å². The number of amides is 5. The highest BCUT2D eigenvalue weighted by Gasteiger charge is 2.30. The molecule has 4 aromatic heterocycles. The number of ether oxygens (including phenoxy) is 3. The van der Waals surface area contributed by atoms with E-state index in [0.717, 1.165) is 13.1 Å². The van der Waals surface area contributed by atoms with Crippen molar-refractivity contribution < 1.29 is 38.2 Å². The number of aromatic nitrogens is 8. The number of imidazole rings is 2. The van der Waals surface area contributed by atoms with E-state index in [9.17, 15) is 24.0 Å². The monoisotopic (exact) mass is 906 g/mol. The highest BCUT2D eigenvalue weighted by atomic mass is 16.5. The first-order valence-electron chi connectivity index (χ1n) is 22.1. The van der Waals surface area contributed by atoms with E-state index in [1.165, 1.54) is 12.1 Å². The summed E-state index contributed by atoms with van der Waals surface area (Å²) in [6, 6.07) is 9.18. The van der Waals surface area contributed by atoms with E-state index in [-0.39, 0.29) is 66.9 Å². The lowest BCUT2D eigenvalue weighted by Gasteiger charge is -2.27. The van der Waals surface area contributed by atoms with Gasteiger partial charge < -0.3 is 40.1 Å². The number of carbonyl (C=O) groups is 5. The number of nitrogens with two attached hydrogens (primary N) is 2. The molecular formula is C44H54N14O8. The van der Waals surface area contributed by atoms with Gasteiger partial charge in [-0.3, -0.25) is 48.9 Å². The molecule has 1 atom stereocenters. The Labute approximate surface area is 378 Å². The minimum absolute atomic E-state index is 0.0252. The average molecular weight is 907 g/mol. The average Bonchev–Trinajstić information content (AvgIpc) is 4.07. The predicted octanol–water partition coefficient (Wildman–Crippen LogP) is 2.77. The van der Waals surface area contributed by atoms with Crippen LogP contribution in [0.4, 0.5) is 11.9 Å². The molecule has 0 saturated carbocycles. The summed E-state index contributed by atoms with van der Waals surface area (Å²) in [4.78, 5) is 77.2. The number of nitrogens with zero attached hydrogens (tertiary/aromatic N) is 9. The maximum Gasteiger partial charge on any atom is 0.276 e. The van der Waals surface area contributed by atoms with E-state index < -0.39 is 23.6 Å². The fourth-order valence-electron chi connectivity index (χ4n) is 8.43. The number of fused-ring (bicyclic) bond motifs is 1. The van der Waals surface area contributed by atoms with E-state index in [1.807, 2.05) is 25.3 Å². The van der Waals surface area contributed by atoms with Gasteiger partial charge in [-0.05, 0) is 76.9 Å². The van der Waals surface area contributed by atoms with Gasteiger partial charge in [-0.2, -0.15) is 10.2 Å². The number of primary amides is 2. The number of nitrogens with one attached hydrogen (secondary N) is 3. The van der Waals surface area contributed by atoms with E-state index in [0.29, 0.717) is 103 Å². The zero-order valence-corrected chi connectivity index (χ0v) is 37.4. The zero-order valence-electron chi connectivity index (χ0n) is 37.4. The number of hydrogen-bond acceptors (Lipinski definition) is 13. The van der Waals surface area contributed by atoms with Crippen molar-refractivity contribution in [2.45, 2.75) is 72.6 Å². The lowest BCUT2D eigenvalue weighted by atomic mass is 10.1. The lowest BCUT2D eigenvalue weighted by Crippen LogP contribution is -2.41. The van der Waals surface area contributed by atoms with Crippen molar-refractivity contribution in [3.8, 4) is 11.5 Å². The third kappa shape index (κ3) is 9.54. The molecule has 0 aliphatic carbocycles. The van der Waals surface area contributed by atoms with Crippen LogP contribution in [0.1, 0.15) is 92.2 Å². The van der Waals surface area contributed by atoms with Gasteiger partial charge in [-0.1, -0.05) is 0 Å². The number of benzene rings is 2. The number of hydrogen-bond donors (Lipinski definition) is 5. The minimum atomic E-state index is -0.714. The summed E-state index contributed by atoms with van der Waals surface area (Å²) in [6.07, 6.45) is 0.957. The number of morpholine rings is 1. The molecule has 0 unspecified atom stereocenters. The van der Waals surface area contributed by atoms with Gasteiger partial charge in [0, 0.05) is 56.9 Å². The van der Waals surface area contributed by atoms with Crippen molar-refractivity contribution >= 4 is 63.5 Å². The number of rotatable bonds is 19. The van der Waals surface area contributed by atoms with Gasteiger partial charge in [-0.15, -0.1) is 0 Å². The summed E-state index contributed by atoms with van der Waals surface area (Å²) >= 11 is 0. The molecule has 2 aliphatic rings. The van der Waals surface area contributed by atoms with Crippen LogP contribution in [0.25, 0.3) is 22.1 Å². The van der Waals surface area contributed by atoms with Crippen molar-refractivity contribution in [3.05, 3.63) is 70.3 Å². The van der Waals surface area contributed by atoms with Crippen LogP contribution in [0.3, 0.4) is 0 Å². The molecule has 1 saturated heterocycles. The van der Waals surface area contributed by atoms with Crippen LogP contribution in [0, 0.1) is 13.8 Å². The topological polar surface area (TPSA) is 276 Å². The molecule has 1 fully saturated rings. The third-order valence-corrected chi connectivity index (χ3v) is 11.6. The summed E-state index contributed by atoms with van der Waals surface area (Å²) in [5.74, 6) is -1.37. The smallest absolute Gasteiger partial charge is 0.276 e. The second kappa shape index (κ2) is 19.4. The van der Waals surface area contributed by atoms with Gasteiger partial charge in [-0.25, -0.2) is 9.97 Å². The van der Waals surface area contributed by atoms with Gasteiger partial charge in [0.15, 0.2) is 0 Å². The molecule has 6 heterocycles. The van der Waals surface area contributed by atoms with Gasteiger partial charge in [0.2, 0.25) is 29.6 Å². The highest BCUT2D eigenvalue weighted by Crippen LogP contribution is 2.39. The zero-order chi connectivity index (χ0) is 46.6. The molecule has 7 N–H and O–H groups in total. The van der Waals surface area contributed by atoms with Crippen LogP contribution in [0.15, 0.2) is 36.4 Å². The van der Waals surface area contributed by atoms with Crippen molar-refractivity contribution in [2.75, 3.05) is 63.2 Å². The molecule has 22 heteroatoms. The van der Waals surface area contributed by atoms with Crippen molar-refractivity contribution in [1.29, 1.82) is 0 Å². The molecule has 0 radical (unpaired) electrons. The Hall–Kier alpha value is -7.33. The predicted molar refractivity (Wildman–Crippen MR) is 242 cm³/mol. The molecule has 0 bridgehead atoms. The molecule has 0 spiro atoms. The first kappa shape index (κ1) is 45.2. The van der Waals surface area contributed by atoms with Crippen LogP contribution < -0.4 is 36.9 Å². The summed E-state index contributed by atoms with van der Waals surface area (Å²) in [7, 11) is 0. The molecule has 2 aromatic carbocycles. The highest BCUT2D eigenvalue weighted by molar-refractivity contribution is 6.05. The Morgan fingerprint density at radius 2 is 1.39 bits per heavy atom. The molecule has 348 valence electrons. The number of carbonyl (C=O) groups excluding carboxylic acids is 5. The lowest BCUT2D eigenvalue weighted by molar-refractivity contribution is -0.121. The van der Waals surface area contributed by atoms with Gasteiger partial charge in [0.25, 0.3) is 11.8 Å². The minimum Gasteiger partial charge on any atom is -0.491 e. The van der Waals surface area contributed by atoms with E-state index in [4.69, 9.17) is 35.6 Å². The molecule has 5 amide bonds. The van der Waals surface area contributed by atoms with E-state index in [2.05, 4.69) is 31.0 Å². The largest absolute Gasteiger partial charge is 0.491 e.